The highest BCUT2D eigenvalue weighted by Gasteiger charge is 2.42. The first kappa shape index (κ1) is 37.9. The Balaban J connectivity index is 1.16. The second-order valence-corrected chi connectivity index (χ2v) is 14.3. The number of amides is 1. The number of nitriles is 1. The summed E-state index contributed by atoms with van der Waals surface area (Å²) in [5.41, 5.74) is 1.90. The molecule has 3 aromatic rings. The van der Waals surface area contributed by atoms with E-state index in [9.17, 15) is 4.79 Å². The third-order valence-electron chi connectivity index (χ3n) is 9.26. The van der Waals surface area contributed by atoms with E-state index in [2.05, 4.69) is 65.9 Å². The van der Waals surface area contributed by atoms with Crippen LogP contribution in [0.4, 0.5) is 0 Å². The maximum Gasteiger partial charge on any atom is 0.217 e. The molecule has 6 atom stereocenters. The van der Waals surface area contributed by atoms with Gasteiger partial charge in [0, 0.05) is 25.8 Å². The second kappa shape index (κ2) is 20.6. The fourth-order valence-corrected chi connectivity index (χ4v) is 7.13. The quantitative estimate of drug-likeness (QED) is 0.0888. The molecule has 6 unspecified atom stereocenters. The molecule has 0 spiro atoms. The van der Waals surface area contributed by atoms with Gasteiger partial charge in [0.05, 0.1) is 50.6 Å². The molecule has 0 aliphatic carbocycles. The summed E-state index contributed by atoms with van der Waals surface area (Å²) in [6.07, 6.45) is 12.2. The lowest BCUT2D eigenvalue weighted by Crippen LogP contribution is -2.58. The summed E-state index contributed by atoms with van der Waals surface area (Å²) in [5.74, 6) is 0.269. The molecule has 1 aliphatic heterocycles. The zero-order valence-corrected chi connectivity index (χ0v) is 30.1. The molecule has 0 bridgehead atoms. The summed E-state index contributed by atoms with van der Waals surface area (Å²) in [6.45, 7) is 10.2. The molecule has 10 nitrogen and oxygen atoms in total. The van der Waals surface area contributed by atoms with Gasteiger partial charge in [0.2, 0.25) is 5.91 Å². The van der Waals surface area contributed by atoms with E-state index < -0.39 is 14.7 Å². The van der Waals surface area contributed by atoms with Crippen molar-refractivity contribution in [3.8, 4) is 17.3 Å². The Labute approximate surface area is 287 Å². The van der Waals surface area contributed by atoms with Crippen LogP contribution in [0.25, 0.3) is 22.0 Å². The third-order valence-corrected chi connectivity index (χ3v) is 10.3. The average Bonchev–Trinajstić information content (AvgIpc) is 3.55. The minimum atomic E-state index is -0.864. The summed E-state index contributed by atoms with van der Waals surface area (Å²) < 4.78 is 25.9. The Morgan fingerprint density at radius 1 is 0.938 bits per heavy atom. The van der Waals surface area contributed by atoms with Gasteiger partial charge in [-0.3, -0.25) is 4.79 Å². The largest absolute Gasteiger partial charge is 0.350 e. The van der Waals surface area contributed by atoms with Gasteiger partial charge in [0.25, 0.3) is 0 Å². The predicted octanol–water partition coefficient (Wildman–Crippen LogP) is 8.02. The average molecular weight is 680 g/mol. The van der Waals surface area contributed by atoms with Crippen LogP contribution in [0.15, 0.2) is 48.7 Å². The molecular formula is C37H54N5O5P. The number of unbranched alkanes of at least 4 members (excludes halogenated alkanes) is 8. The van der Waals surface area contributed by atoms with Crippen LogP contribution in [-0.2, 0) is 29.9 Å². The van der Waals surface area contributed by atoms with Crippen molar-refractivity contribution in [1.29, 1.82) is 5.26 Å². The zero-order valence-electron chi connectivity index (χ0n) is 29.2. The van der Waals surface area contributed by atoms with Gasteiger partial charge in [-0.2, -0.15) is 5.26 Å². The monoisotopic (exact) mass is 679 g/mol. The van der Waals surface area contributed by atoms with Crippen LogP contribution < -0.4 is 5.32 Å². The van der Waals surface area contributed by atoms with Crippen LogP contribution >= 0.6 is 8.38 Å². The lowest BCUT2D eigenvalue weighted by atomic mass is 9.82. The molecule has 1 fully saturated rings. The Bertz CT molecular complexity index is 1430. The number of nitrogens with zero attached hydrogens (tertiary/aromatic N) is 4. The number of ether oxygens (including phenoxy) is 2. The molecule has 4 rings (SSSR count). The van der Waals surface area contributed by atoms with Gasteiger partial charge in [-0.1, -0.05) is 106 Å². The highest BCUT2D eigenvalue weighted by molar-refractivity contribution is 7.46. The molecule has 11 heteroatoms. The fourth-order valence-electron chi connectivity index (χ4n) is 6.32. The molecule has 1 aliphatic rings. The molecule has 1 amide bonds. The van der Waals surface area contributed by atoms with Crippen molar-refractivity contribution in [1.82, 2.24) is 20.3 Å². The summed E-state index contributed by atoms with van der Waals surface area (Å²) in [7, 11) is -0.864. The van der Waals surface area contributed by atoms with Crippen LogP contribution in [0.3, 0.4) is 0 Å². The van der Waals surface area contributed by atoms with E-state index in [1.165, 1.54) is 43.9 Å². The first-order chi connectivity index (χ1) is 23.4. The predicted molar refractivity (Wildman–Crippen MR) is 190 cm³/mol. The number of hydrogen-bond acceptors (Lipinski definition) is 8. The number of benzene rings is 2. The molecule has 1 saturated heterocycles. The van der Waals surface area contributed by atoms with Gasteiger partial charge < -0.3 is 23.8 Å². The number of nitrogens with one attached hydrogen (secondary N) is 1. The SMILES string of the molecule is CC(=O)NC1C(OCCCCCCCCCCCOP(C)OCCC#N)OC(Cn2cc(-c3cccc4ccccc34)nn2)C(C)C1C. The number of hydrogen-bond donors (Lipinski definition) is 1. The number of carbonyl (C=O) groups excluding carboxylic acids is 1. The molecule has 2 heterocycles. The van der Waals surface area contributed by atoms with Crippen molar-refractivity contribution in [2.24, 2.45) is 11.8 Å². The lowest BCUT2D eigenvalue weighted by Gasteiger charge is -2.44. The second-order valence-electron chi connectivity index (χ2n) is 12.9. The number of rotatable bonds is 21. The van der Waals surface area contributed by atoms with E-state index in [-0.39, 0.29) is 29.9 Å². The summed E-state index contributed by atoms with van der Waals surface area (Å²) >= 11 is 0. The Hall–Kier alpha value is -2.93. The van der Waals surface area contributed by atoms with Gasteiger partial charge in [-0.15, -0.1) is 5.10 Å². The molecule has 262 valence electrons. The van der Waals surface area contributed by atoms with Crippen molar-refractivity contribution in [3.05, 3.63) is 48.7 Å². The zero-order chi connectivity index (χ0) is 34.1. The molecule has 0 radical (unpaired) electrons. The van der Waals surface area contributed by atoms with E-state index in [1.54, 1.807) is 6.92 Å². The van der Waals surface area contributed by atoms with E-state index in [4.69, 9.17) is 23.8 Å². The van der Waals surface area contributed by atoms with Gasteiger partial charge in [-0.25, -0.2) is 4.68 Å². The Morgan fingerprint density at radius 2 is 1.60 bits per heavy atom. The minimum absolute atomic E-state index is 0.0744. The summed E-state index contributed by atoms with van der Waals surface area (Å²) in [6, 6.07) is 16.4. The van der Waals surface area contributed by atoms with Crippen molar-refractivity contribution >= 4 is 25.1 Å². The maximum atomic E-state index is 12.1. The van der Waals surface area contributed by atoms with Crippen LogP contribution in [0.1, 0.15) is 85.0 Å². The van der Waals surface area contributed by atoms with E-state index in [0.717, 1.165) is 42.5 Å². The molecule has 0 saturated carbocycles. The van der Waals surface area contributed by atoms with Gasteiger partial charge in [0.1, 0.15) is 5.69 Å². The molecular weight excluding hydrogens is 625 g/mol. The smallest absolute Gasteiger partial charge is 0.217 e. The van der Waals surface area contributed by atoms with Gasteiger partial charge in [0.15, 0.2) is 14.7 Å². The molecule has 1 N–H and O–H groups in total. The first-order valence-corrected chi connectivity index (χ1v) is 19.3. The standard InChI is InChI=1S/C37H54N5O5P/c1-28-29(2)36(39-30(3)43)37(44-23-14-10-8-6-5-7-9-11-15-24-45-48(4)46-25-17-22-38)47-35(28)27-42-26-34(40-41-42)33-21-16-19-31-18-12-13-20-32(31)33/h12-13,16,18-21,26,28-29,35-37H,5-11,14-15,17,23-25,27H2,1-4H3,(H,39,43). The number of aromatic nitrogens is 3. The lowest BCUT2D eigenvalue weighted by molar-refractivity contribution is -0.239. The highest BCUT2D eigenvalue weighted by atomic mass is 31.2. The summed E-state index contributed by atoms with van der Waals surface area (Å²) in [4.78, 5) is 12.1. The molecule has 1 aromatic heterocycles. The van der Waals surface area contributed by atoms with E-state index in [0.29, 0.717) is 26.2 Å². The Kier molecular flexibility index (Phi) is 16.2. The van der Waals surface area contributed by atoms with Crippen molar-refractivity contribution in [2.75, 3.05) is 26.5 Å². The van der Waals surface area contributed by atoms with Crippen LogP contribution in [0.2, 0.25) is 0 Å². The highest BCUT2D eigenvalue weighted by Crippen LogP contribution is 2.34. The van der Waals surface area contributed by atoms with Gasteiger partial charge >= 0.3 is 0 Å². The van der Waals surface area contributed by atoms with Crippen LogP contribution in [0.5, 0.6) is 0 Å². The van der Waals surface area contributed by atoms with Crippen molar-refractivity contribution < 1.29 is 23.3 Å². The minimum Gasteiger partial charge on any atom is -0.350 e. The van der Waals surface area contributed by atoms with Crippen LogP contribution in [-0.4, -0.2) is 65.8 Å². The van der Waals surface area contributed by atoms with Crippen molar-refractivity contribution in [2.45, 2.75) is 110 Å². The number of fused-ring (bicyclic) bond motifs is 1. The van der Waals surface area contributed by atoms with Crippen LogP contribution in [0, 0.1) is 23.2 Å². The normalized spacial score (nSPS) is 21.6. The maximum absolute atomic E-state index is 12.1. The summed E-state index contributed by atoms with van der Waals surface area (Å²) in [5, 5.41) is 23.0. The number of carbonyl (C=O) groups is 1. The topological polar surface area (TPSA) is 121 Å². The fraction of sp³-hybridized carbons (Fsp3) is 0.622. The van der Waals surface area contributed by atoms with Gasteiger partial charge in [-0.05, 0) is 35.4 Å². The first-order valence-electron chi connectivity index (χ1n) is 17.7. The van der Waals surface area contributed by atoms with Crippen molar-refractivity contribution in [3.63, 3.8) is 0 Å². The Morgan fingerprint density at radius 3 is 2.33 bits per heavy atom. The molecule has 2 aromatic carbocycles. The third kappa shape index (κ3) is 11.9. The van der Waals surface area contributed by atoms with E-state index >= 15 is 0 Å². The van der Waals surface area contributed by atoms with E-state index in [1.807, 2.05) is 29.7 Å². The molecule has 48 heavy (non-hydrogen) atoms.